The Bertz CT molecular complexity index is 638. The van der Waals surface area contributed by atoms with Crippen molar-refractivity contribution in [2.45, 2.75) is 26.3 Å². The number of anilines is 1. The van der Waals surface area contributed by atoms with Gasteiger partial charge in [-0.05, 0) is 48.7 Å². The van der Waals surface area contributed by atoms with Crippen LogP contribution in [0.3, 0.4) is 0 Å². The number of nitrogens with two attached hydrogens (primary N) is 1. The molecule has 0 radical (unpaired) electrons. The monoisotopic (exact) mass is 286 g/mol. The van der Waals surface area contributed by atoms with Gasteiger partial charge in [-0.15, -0.1) is 0 Å². The summed E-state index contributed by atoms with van der Waals surface area (Å²) in [6, 6.07) is 12.7. The third-order valence-corrected chi connectivity index (χ3v) is 3.41. The molecule has 21 heavy (non-hydrogen) atoms. The molecule has 1 atom stereocenters. The molecule has 0 bridgehead atoms. The first-order valence-corrected chi connectivity index (χ1v) is 6.85. The van der Waals surface area contributed by atoms with E-state index in [0.29, 0.717) is 5.56 Å². The van der Waals surface area contributed by atoms with E-state index in [1.165, 1.54) is 0 Å². The Hall–Kier alpha value is -2.36. The number of rotatable bonds is 5. The van der Waals surface area contributed by atoms with E-state index in [1.807, 2.05) is 37.3 Å². The van der Waals surface area contributed by atoms with Crippen LogP contribution in [0.2, 0.25) is 0 Å². The number of hydrogen-bond donors (Lipinski definition) is 2. The summed E-state index contributed by atoms with van der Waals surface area (Å²) >= 11 is 0. The summed E-state index contributed by atoms with van der Waals surface area (Å²) in [5.74, 6) is -0.544. The Morgan fingerprint density at radius 2 is 1.90 bits per heavy atom. The number of carbonyl (C=O) groups excluding carboxylic acids is 1. The fourth-order valence-electron chi connectivity index (χ4n) is 2.13. The first kappa shape index (κ1) is 15.0. The molecule has 0 fully saturated rings. The van der Waals surface area contributed by atoms with E-state index in [0.717, 1.165) is 16.8 Å². The third kappa shape index (κ3) is 4.05. The van der Waals surface area contributed by atoms with Gasteiger partial charge in [-0.1, -0.05) is 24.3 Å². The molecule has 2 aromatic carbocycles. The van der Waals surface area contributed by atoms with E-state index < -0.39 is 0 Å². The number of primary amides is 1. The zero-order valence-corrected chi connectivity index (χ0v) is 12.2. The first-order chi connectivity index (χ1) is 9.95. The van der Waals surface area contributed by atoms with Gasteiger partial charge < -0.3 is 11.1 Å². The number of hydrogen-bond acceptors (Lipinski definition) is 2. The number of benzene rings is 2. The Morgan fingerprint density at radius 3 is 2.48 bits per heavy atom. The molecule has 110 valence electrons. The quantitative estimate of drug-likeness (QED) is 0.885. The predicted octanol–water partition coefficient (Wildman–Crippen LogP) is 3.34. The van der Waals surface area contributed by atoms with Gasteiger partial charge in [-0.3, -0.25) is 4.79 Å². The Kier molecular flexibility index (Phi) is 4.58. The van der Waals surface area contributed by atoms with Crippen molar-refractivity contribution in [1.29, 1.82) is 0 Å². The van der Waals surface area contributed by atoms with Gasteiger partial charge in [0.05, 0.1) is 6.42 Å². The summed E-state index contributed by atoms with van der Waals surface area (Å²) in [5.41, 5.74) is 8.47. The molecule has 1 amide bonds. The number of carbonyl (C=O) groups is 1. The summed E-state index contributed by atoms with van der Waals surface area (Å²) in [6.07, 6.45) is 0.235. The minimum absolute atomic E-state index is 0.0120. The molecule has 3 nitrogen and oxygen atoms in total. The fourth-order valence-corrected chi connectivity index (χ4v) is 2.13. The molecule has 3 N–H and O–H groups in total. The first-order valence-electron chi connectivity index (χ1n) is 6.85. The van der Waals surface area contributed by atoms with Crippen LogP contribution < -0.4 is 11.1 Å². The highest BCUT2D eigenvalue weighted by molar-refractivity contribution is 5.76. The summed E-state index contributed by atoms with van der Waals surface area (Å²) in [5, 5.41) is 3.30. The molecule has 1 unspecified atom stereocenters. The van der Waals surface area contributed by atoms with Gasteiger partial charge in [-0.25, -0.2) is 4.39 Å². The molecule has 4 heteroatoms. The zero-order valence-electron chi connectivity index (χ0n) is 12.2. The number of aryl methyl sites for hydroxylation is 1. The van der Waals surface area contributed by atoms with E-state index in [4.69, 9.17) is 5.73 Å². The fraction of sp³-hybridized carbons (Fsp3) is 0.235. The van der Waals surface area contributed by atoms with Crippen molar-refractivity contribution in [1.82, 2.24) is 0 Å². The van der Waals surface area contributed by atoms with Crippen LogP contribution in [0, 0.1) is 12.7 Å². The normalized spacial score (nSPS) is 12.0. The molecule has 0 heterocycles. The maximum Gasteiger partial charge on any atom is 0.221 e. The smallest absolute Gasteiger partial charge is 0.221 e. The number of nitrogens with one attached hydrogen (secondary N) is 1. The van der Waals surface area contributed by atoms with Crippen molar-refractivity contribution in [3.05, 3.63) is 65.0 Å². The zero-order chi connectivity index (χ0) is 15.4. The van der Waals surface area contributed by atoms with Crippen molar-refractivity contribution in [3.63, 3.8) is 0 Å². The third-order valence-electron chi connectivity index (χ3n) is 3.41. The van der Waals surface area contributed by atoms with Crippen molar-refractivity contribution >= 4 is 11.6 Å². The Balaban J connectivity index is 2.06. The molecule has 2 rings (SSSR count). The van der Waals surface area contributed by atoms with E-state index in [2.05, 4.69) is 5.32 Å². The van der Waals surface area contributed by atoms with Crippen LogP contribution in [-0.2, 0) is 11.2 Å². The summed E-state index contributed by atoms with van der Waals surface area (Å²) in [6.45, 7) is 3.72. The standard InChI is InChI=1S/C17H19FN2O/c1-11-3-6-14(10-16(11)18)12(2)20-15-7-4-13(5-8-15)9-17(19)21/h3-8,10,12,20H,9H2,1-2H3,(H2,19,21). The molecule has 0 saturated carbocycles. The van der Waals surface area contributed by atoms with Crippen molar-refractivity contribution < 1.29 is 9.18 Å². The minimum Gasteiger partial charge on any atom is -0.379 e. The van der Waals surface area contributed by atoms with Crippen molar-refractivity contribution in [2.24, 2.45) is 5.73 Å². The van der Waals surface area contributed by atoms with Gasteiger partial charge in [0, 0.05) is 11.7 Å². The summed E-state index contributed by atoms with van der Waals surface area (Å²) in [4.78, 5) is 10.8. The maximum absolute atomic E-state index is 13.6. The van der Waals surface area contributed by atoms with Crippen LogP contribution in [-0.4, -0.2) is 5.91 Å². The molecule has 0 saturated heterocycles. The van der Waals surface area contributed by atoms with E-state index in [-0.39, 0.29) is 24.2 Å². The molecule has 0 spiro atoms. The largest absolute Gasteiger partial charge is 0.379 e. The molecule has 0 aliphatic heterocycles. The Labute approximate surface area is 124 Å². The number of amides is 1. The van der Waals surface area contributed by atoms with Crippen molar-refractivity contribution in [2.75, 3.05) is 5.32 Å². The van der Waals surface area contributed by atoms with Gasteiger partial charge in [0.2, 0.25) is 5.91 Å². The molecule has 0 aliphatic rings. The SMILES string of the molecule is Cc1ccc(C(C)Nc2ccc(CC(N)=O)cc2)cc1F. The Morgan fingerprint density at radius 1 is 1.24 bits per heavy atom. The second-order valence-electron chi connectivity index (χ2n) is 5.21. The minimum atomic E-state index is -0.348. The lowest BCUT2D eigenvalue weighted by Crippen LogP contribution is -2.13. The van der Waals surface area contributed by atoms with Crippen LogP contribution in [0.15, 0.2) is 42.5 Å². The van der Waals surface area contributed by atoms with Crippen LogP contribution in [0.25, 0.3) is 0 Å². The van der Waals surface area contributed by atoms with Gasteiger partial charge in [0.15, 0.2) is 0 Å². The molecule has 2 aromatic rings. The lowest BCUT2D eigenvalue weighted by Gasteiger charge is -2.16. The average molecular weight is 286 g/mol. The maximum atomic E-state index is 13.6. The highest BCUT2D eigenvalue weighted by Crippen LogP contribution is 2.21. The summed E-state index contributed by atoms with van der Waals surface area (Å²) < 4.78 is 13.6. The van der Waals surface area contributed by atoms with E-state index in [9.17, 15) is 9.18 Å². The predicted molar refractivity (Wildman–Crippen MR) is 82.5 cm³/mol. The molecule has 0 aromatic heterocycles. The highest BCUT2D eigenvalue weighted by atomic mass is 19.1. The van der Waals surface area contributed by atoms with Gasteiger partial charge in [0.25, 0.3) is 0 Å². The summed E-state index contributed by atoms with van der Waals surface area (Å²) in [7, 11) is 0. The molecule has 0 aliphatic carbocycles. The molecular weight excluding hydrogens is 267 g/mol. The van der Waals surface area contributed by atoms with Crippen LogP contribution in [0.4, 0.5) is 10.1 Å². The van der Waals surface area contributed by atoms with Crippen LogP contribution >= 0.6 is 0 Å². The van der Waals surface area contributed by atoms with Crippen LogP contribution in [0.5, 0.6) is 0 Å². The highest BCUT2D eigenvalue weighted by Gasteiger charge is 2.08. The second-order valence-corrected chi connectivity index (χ2v) is 5.21. The van der Waals surface area contributed by atoms with Crippen LogP contribution in [0.1, 0.15) is 29.7 Å². The molecular formula is C17H19FN2O. The van der Waals surface area contributed by atoms with E-state index >= 15 is 0 Å². The average Bonchev–Trinajstić information content (AvgIpc) is 2.43. The lowest BCUT2D eigenvalue weighted by molar-refractivity contribution is -0.117. The topological polar surface area (TPSA) is 55.1 Å². The lowest BCUT2D eigenvalue weighted by atomic mass is 10.1. The second kappa shape index (κ2) is 6.39. The van der Waals surface area contributed by atoms with Gasteiger partial charge in [-0.2, -0.15) is 0 Å². The van der Waals surface area contributed by atoms with E-state index in [1.54, 1.807) is 19.1 Å². The van der Waals surface area contributed by atoms with Crippen molar-refractivity contribution in [3.8, 4) is 0 Å². The van der Waals surface area contributed by atoms with Gasteiger partial charge in [0.1, 0.15) is 5.82 Å². The van der Waals surface area contributed by atoms with Gasteiger partial charge >= 0.3 is 0 Å². The number of halogens is 1.